The van der Waals surface area contributed by atoms with Crippen molar-refractivity contribution in [2.45, 2.75) is 6.42 Å². The van der Waals surface area contributed by atoms with Gasteiger partial charge in [-0.25, -0.2) is 4.79 Å². The van der Waals surface area contributed by atoms with Crippen molar-refractivity contribution in [3.05, 3.63) is 29.8 Å². The van der Waals surface area contributed by atoms with Crippen LogP contribution in [0.2, 0.25) is 0 Å². The third-order valence-electron chi connectivity index (χ3n) is 4.04. The van der Waals surface area contributed by atoms with Gasteiger partial charge in [-0.15, -0.1) is 0 Å². The van der Waals surface area contributed by atoms with Crippen molar-refractivity contribution in [1.82, 2.24) is 0 Å². The molecule has 2 N–H and O–H groups in total. The first-order chi connectivity index (χ1) is 10.2. The van der Waals surface area contributed by atoms with Crippen molar-refractivity contribution >= 4 is 5.97 Å². The molecule has 5 heteroatoms. The zero-order valence-corrected chi connectivity index (χ0v) is 13.0. The highest BCUT2D eigenvalue weighted by atomic mass is 16.5. The van der Waals surface area contributed by atoms with Gasteiger partial charge in [0, 0.05) is 6.42 Å². The average Bonchev–Trinajstić information content (AvgIpc) is 2.53. The fourth-order valence-corrected chi connectivity index (χ4v) is 2.66. The molecular formula is C16H26N2O3+2. The molecule has 2 rings (SSSR count). The van der Waals surface area contributed by atoms with Crippen LogP contribution in [0.15, 0.2) is 24.3 Å². The molecule has 0 aliphatic carbocycles. The molecule has 116 valence electrons. The van der Waals surface area contributed by atoms with E-state index in [2.05, 4.69) is 7.05 Å². The Morgan fingerprint density at radius 2 is 1.90 bits per heavy atom. The van der Waals surface area contributed by atoms with Crippen LogP contribution in [0.4, 0.5) is 0 Å². The summed E-state index contributed by atoms with van der Waals surface area (Å²) in [5.74, 6) is 0.264. The number of hydrogen-bond acceptors (Lipinski definition) is 3. The van der Waals surface area contributed by atoms with Gasteiger partial charge in [-0.1, -0.05) is 12.1 Å². The van der Waals surface area contributed by atoms with Gasteiger partial charge in [-0.05, 0) is 12.1 Å². The Morgan fingerprint density at radius 1 is 1.19 bits per heavy atom. The standard InChI is InChI=1S/C16H24N2O3/c1-17-9-11-18(12-10-17)8-5-13-21-15-7-4-3-6-14(15)16(19)20-2/h3-4,6-7H,5,8-13H2,1-2H3/p+2. The lowest BCUT2D eigenvalue weighted by molar-refractivity contribution is -1.00. The number of quaternary nitrogens is 2. The van der Waals surface area contributed by atoms with Crippen molar-refractivity contribution in [3.63, 3.8) is 0 Å². The van der Waals surface area contributed by atoms with E-state index >= 15 is 0 Å². The third kappa shape index (κ3) is 4.72. The molecule has 0 spiro atoms. The Hall–Kier alpha value is -1.59. The summed E-state index contributed by atoms with van der Waals surface area (Å²) < 4.78 is 10.5. The number of para-hydroxylation sites is 1. The topological polar surface area (TPSA) is 44.4 Å². The number of rotatable bonds is 6. The summed E-state index contributed by atoms with van der Waals surface area (Å²) >= 11 is 0. The molecule has 1 heterocycles. The number of piperazine rings is 1. The SMILES string of the molecule is COC(=O)c1ccccc1OCCC[NH+]1CC[NH+](C)CC1. The molecule has 1 aliphatic rings. The summed E-state index contributed by atoms with van der Waals surface area (Å²) in [6.07, 6.45) is 1.00. The second-order valence-electron chi connectivity index (χ2n) is 5.65. The largest absolute Gasteiger partial charge is 0.492 e. The molecule has 0 aromatic heterocycles. The van der Waals surface area contributed by atoms with Gasteiger partial charge in [-0.3, -0.25) is 0 Å². The first kappa shape index (κ1) is 15.8. The van der Waals surface area contributed by atoms with E-state index in [1.54, 1.807) is 15.9 Å². The number of nitrogens with one attached hydrogen (secondary N) is 2. The number of carbonyl (C=O) groups excluding carboxylic acids is 1. The fourth-order valence-electron chi connectivity index (χ4n) is 2.66. The molecule has 1 fully saturated rings. The summed E-state index contributed by atoms with van der Waals surface area (Å²) in [5.41, 5.74) is 0.496. The second-order valence-corrected chi connectivity index (χ2v) is 5.65. The van der Waals surface area contributed by atoms with Crippen LogP contribution < -0.4 is 14.5 Å². The minimum atomic E-state index is -0.349. The van der Waals surface area contributed by atoms with Gasteiger partial charge in [-0.2, -0.15) is 0 Å². The van der Waals surface area contributed by atoms with Crippen LogP contribution in [0, 0.1) is 0 Å². The highest BCUT2D eigenvalue weighted by Crippen LogP contribution is 2.18. The molecule has 0 bridgehead atoms. The van der Waals surface area contributed by atoms with E-state index in [9.17, 15) is 4.79 Å². The summed E-state index contributed by atoms with van der Waals surface area (Å²) in [5, 5.41) is 0. The van der Waals surface area contributed by atoms with Gasteiger partial charge in [0.05, 0.1) is 27.3 Å². The van der Waals surface area contributed by atoms with Gasteiger partial charge < -0.3 is 19.3 Å². The summed E-state index contributed by atoms with van der Waals surface area (Å²) in [4.78, 5) is 14.9. The first-order valence-electron chi connectivity index (χ1n) is 7.65. The number of carbonyl (C=O) groups is 1. The predicted octanol–water partition coefficient (Wildman–Crippen LogP) is -1.34. The number of hydrogen-bond donors (Lipinski definition) is 2. The van der Waals surface area contributed by atoms with Gasteiger partial charge in [0.25, 0.3) is 0 Å². The second kappa shape index (κ2) is 8.00. The van der Waals surface area contributed by atoms with Gasteiger partial charge >= 0.3 is 5.97 Å². The molecule has 0 atom stereocenters. The molecule has 1 aromatic carbocycles. The zero-order valence-electron chi connectivity index (χ0n) is 13.0. The molecule has 1 aromatic rings. The Bertz CT molecular complexity index is 457. The third-order valence-corrected chi connectivity index (χ3v) is 4.04. The van der Waals surface area contributed by atoms with Crippen LogP contribution in [0.5, 0.6) is 5.75 Å². The molecule has 0 unspecified atom stereocenters. The van der Waals surface area contributed by atoms with E-state index in [0.717, 1.165) is 13.0 Å². The molecule has 21 heavy (non-hydrogen) atoms. The van der Waals surface area contributed by atoms with E-state index in [1.165, 1.54) is 33.3 Å². The smallest absolute Gasteiger partial charge is 0.341 e. The van der Waals surface area contributed by atoms with Gasteiger partial charge in [0.2, 0.25) is 0 Å². The lowest BCUT2D eigenvalue weighted by Gasteiger charge is -2.27. The Morgan fingerprint density at radius 3 is 2.62 bits per heavy atom. The van der Waals surface area contributed by atoms with Crippen LogP contribution in [0.3, 0.4) is 0 Å². The van der Waals surface area contributed by atoms with Crippen LogP contribution in [0.1, 0.15) is 16.8 Å². The maximum atomic E-state index is 11.6. The fraction of sp³-hybridized carbons (Fsp3) is 0.562. The Balaban J connectivity index is 1.75. The van der Waals surface area contributed by atoms with E-state index < -0.39 is 0 Å². The van der Waals surface area contributed by atoms with E-state index in [-0.39, 0.29) is 5.97 Å². The Labute approximate surface area is 126 Å². The maximum Gasteiger partial charge on any atom is 0.341 e. The summed E-state index contributed by atoms with van der Waals surface area (Å²) in [6, 6.07) is 7.24. The van der Waals surface area contributed by atoms with Gasteiger partial charge in [0.15, 0.2) is 0 Å². The van der Waals surface area contributed by atoms with Crippen LogP contribution in [-0.4, -0.2) is 59.5 Å². The van der Waals surface area contributed by atoms with E-state index in [1.807, 2.05) is 18.2 Å². The van der Waals surface area contributed by atoms with Crippen molar-refractivity contribution in [2.75, 3.05) is 53.5 Å². The van der Waals surface area contributed by atoms with Gasteiger partial charge in [0.1, 0.15) is 37.5 Å². The molecule has 0 amide bonds. The maximum absolute atomic E-state index is 11.6. The minimum Gasteiger partial charge on any atom is -0.492 e. The number of esters is 1. The zero-order chi connectivity index (χ0) is 15.1. The number of methoxy groups -OCH3 is 1. The summed E-state index contributed by atoms with van der Waals surface area (Å²) in [7, 11) is 3.64. The van der Waals surface area contributed by atoms with E-state index in [4.69, 9.17) is 9.47 Å². The van der Waals surface area contributed by atoms with Crippen molar-refractivity contribution in [2.24, 2.45) is 0 Å². The van der Waals surface area contributed by atoms with Crippen LogP contribution in [-0.2, 0) is 4.74 Å². The van der Waals surface area contributed by atoms with Crippen molar-refractivity contribution in [3.8, 4) is 5.75 Å². The summed E-state index contributed by atoms with van der Waals surface area (Å²) in [6.45, 7) is 6.76. The Kier molecular flexibility index (Phi) is 6.02. The monoisotopic (exact) mass is 294 g/mol. The molecule has 1 saturated heterocycles. The van der Waals surface area contributed by atoms with Crippen LogP contribution in [0.25, 0.3) is 0 Å². The van der Waals surface area contributed by atoms with E-state index in [0.29, 0.717) is 17.9 Å². The highest BCUT2D eigenvalue weighted by molar-refractivity contribution is 5.92. The lowest BCUT2D eigenvalue weighted by atomic mass is 10.2. The predicted molar refractivity (Wildman–Crippen MR) is 80.1 cm³/mol. The minimum absolute atomic E-state index is 0.349. The number of likely N-dealkylation sites (N-methyl/N-ethyl adjacent to an activating group) is 1. The van der Waals surface area contributed by atoms with Crippen LogP contribution >= 0.6 is 0 Å². The highest BCUT2D eigenvalue weighted by Gasteiger charge is 2.19. The normalized spacial score (nSPS) is 21.8. The van der Waals surface area contributed by atoms with Crippen molar-refractivity contribution < 1.29 is 24.1 Å². The quantitative estimate of drug-likeness (QED) is 0.504. The number of ether oxygens (including phenoxy) is 2. The van der Waals surface area contributed by atoms with Crippen molar-refractivity contribution in [1.29, 1.82) is 0 Å². The number of benzene rings is 1. The lowest BCUT2D eigenvalue weighted by Crippen LogP contribution is -3.27. The molecular weight excluding hydrogens is 268 g/mol. The average molecular weight is 294 g/mol. The molecule has 0 saturated carbocycles. The first-order valence-corrected chi connectivity index (χ1v) is 7.65. The molecule has 0 radical (unpaired) electrons. The molecule has 1 aliphatic heterocycles. The molecule has 5 nitrogen and oxygen atoms in total.